The Bertz CT molecular complexity index is 991. The number of aromatic nitrogens is 2. The molecule has 0 spiro atoms. The van der Waals surface area contributed by atoms with Crippen LogP contribution in [0.5, 0.6) is 5.75 Å². The van der Waals surface area contributed by atoms with E-state index in [-0.39, 0.29) is 54.5 Å². The van der Waals surface area contributed by atoms with Gasteiger partial charge in [0.1, 0.15) is 29.8 Å². The third kappa shape index (κ3) is 4.31. The summed E-state index contributed by atoms with van der Waals surface area (Å²) in [4.78, 5) is 18.9. The molecule has 1 N–H and O–H groups in total. The van der Waals surface area contributed by atoms with Gasteiger partial charge in [-0.05, 0) is 25.1 Å². The molecule has 0 aliphatic carbocycles. The highest BCUT2D eigenvalue weighted by molar-refractivity contribution is 6.31. The smallest absolute Gasteiger partial charge is 0.259 e. The quantitative estimate of drug-likeness (QED) is 0.798. The fraction of sp³-hybridized carbons (Fsp3) is 0.350. The number of hydrogen-bond donors (Lipinski definition) is 1. The number of ether oxygens (including phenoxy) is 2. The van der Waals surface area contributed by atoms with Gasteiger partial charge in [0.2, 0.25) is 5.90 Å². The minimum absolute atomic E-state index is 0.0954. The van der Waals surface area contributed by atoms with Gasteiger partial charge in [0.15, 0.2) is 5.82 Å². The minimum atomic E-state index is -0.721. The van der Waals surface area contributed by atoms with Gasteiger partial charge >= 0.3 is 0 Å². The maximum atomic E-state index is 14.1. The van der Waals surface area contributed by atoms with Crippen molar-refractivity contribution in [2.24, 2.45) is 12.0 Å². The van der Waals surface area contributed by atoms with Gasteiger partial charge in [-0.25, -0.2) is 4.39 Å². The van der Waals surface area contributed by atoms with Gasteiger partial charge in [-0.1, -0.05) is 18.2 Å². The van der Waals surface area contributed by atoms with E-state index in [1.54, 1.807) is 14.0 Å². The highest BCUT2D eigenvalue weighted by Crippen LogP contribution is 2.36. The van der Waals surface area contributed by atoms with Gasteiger partial charge in [-0.15, -0.1) is 0 Å². The molecule has 0 fully saturated rings. The Labute approximate surface area is 178 Å². The molecule has 0 saturated carbocycles. The van der Waals surface area contributed by atoms with E-state index in [0.29, 0.717) is 11.3 Å². The van der Waals surface area contributed by atoms with Crippen LogP contribution in [0.2, 0.25) is 5.02 Å². The Balaban J connectivity index is 2.13. The van der Waals surface area contributed by atoms with E-state index in [1.807, 2.05) is 0 Å². The SMILES string of the molecule is C=CC1=Nc2c(cnn2C)C(=O)N(CCO)CCOc2ccc(F)c(Cl)c2C(C)O1. The molecule has 1 aromatic carbocycles. The van der Waals surface area contributed by atoms with E-state index in [4.69, 9.17) is 21.1 Å². The molecule has 1 atom stereocenters. The van der Waals surface area contributed by atoms with Crippen molar-refractivity contribution in [3.63, 3.8) is 0 Å². The molecule has 2 aromatic rings. The number of nitrogens with zero attached hydrogens (tertiary/aromatic N) is 4. The number of hydrogen-bond acceptors (Lipinski definition) is 6. The molecule has 2 heterocycles. The molecule has 8 nitrogen and oxygen atoms in total. The van der Waals surface area contributed by atoms with Gasteiger partial charge in [-0.2, -0.15) is 10.1 Å². The highest BCUT2D eigenvalue weighted by Gasteiger charge is 2.25. The molecule has 10 heteroatoms. The van der Waals surface area contributed by atoms with Crippen molar-refractivity contribution in [3.05, 3.63) is 53.0 Å². The number of fused-ring (bicyclic) bond motifs is 2. The normalized spacial score (nSPS) is 17.4. The van der Waals surface area contributed by atoms with Crippen LogP contribution in [0.4, 0.5) is 10.2 Å². The largest absolute Gasteiger partial charge is 0.491 e. The van der Waals surface area contributed by atoms with Crippen LogP contribution in [0.25, 0.3) is 0 Å². The molecule has 30 heavy (non-hydrogen) atoms. The first-order valence-electron chi connectivity index (χ1n) is 9.28. The molecular formula is C20H22ClFN4O4. The summed E-state index contributed by atoms with van der Waals surface area (Å²) in [5.41, 5.74) is 0.554. The number of β-amino-alcohol motifs (C(OH)–C–C–N with tert-alkyl or cyclic N) is 1. The molecule has 1 amide bonds. The molecule has 1 unspecified atom stereocenters. The predicted octanol–water partition coefficient (Wildman–Crippen LogP) is 3.03. The second-order valence-electron chi connectivity index (χ2n) is 6.56. The molecule has 160 valence electrons. The molecular weight excluding hydrogens is 415 g/mol. The maximum Gasteiger partial charge on any atom is 0.259 e. The number of halogens is 2. The van der Waals surface area contributed by atoms with Crippen molar-refractivity contribution in [1.29, 1.82) is 0 Å². The Hall–Kier alpha value is -2.91. The van der Waals surface area contributed by atoms with E-state index in [9.17, 15) is 14.3 Å². The van der Waals surface area contributed by atoms with E-state index < -0.39 is 11.9 Å². The number of aliphatic imine (C=N–C) groups is 1. The lowest BCUT2D eigenvalue weighted by atomic mass is 10.1. The van der Waals surface area contributed by atoms with Gasteiger partial charge in [0, 0.05) is 13.6 Å². The summed E-state index contributed by atoms with van der Waals surface area (Å²) in [6.45, 7) is 5.52. The zero-order valence-corrected chi connectivity index (χ0v) is 17.4. The van der Waals surface area contributed by atoms with E-state index >= 15 is 0 Å². The van der Waals surface area contributed by atoms with E-state index in [2.05, 4.69) is 16.7 Å². The van der Waals surface area contributed by atoms with Gasteiger partial charge in [0.05, 0.1) is 29.9 Å². The number of aryl methyl sites for hydroxylation is 1. The molecule has 3 rings (SSSR count). The van der Waals surface area contributed by atoms with Crippen LogP contribution in [0.1, 0.15) is 28.9 Å². The van der Waals surface area contributed by atoms with Crippen molar-refractivity contribution in [2.45, 2.75) is 13.0 Å². The average Bonchev–Trinajstić information content (AvgIpc) is 3.08. The van der Waals surface area contributed by atoms with Crippen molar-refractivity contribution >= 4 is 29.2 Å². The van der Waals surface area contributed by atoms with Crippen molar-refractivity contribution in [2.75, 3.05) is 26.3 Å². The molecule has 0 bridgehead atoms. The lowest BCUT2D eigenvalue weighted by molar-refractivity contribution is 0.0693. The van der Waals surface area contributed by atoms with Gasteiger partial charge < -0.3 is 19.5 Å². The van der Waals surface area contributed by atoms with Crippen LogP contribution in [0, 0.1) is 5.82 Å². The highest BCUT2D eigenvalue weighted by atomic mass is 35.5. The second-order valence-corrected chi connectivity index (χ2v) is 6.94. The first-order valence-corrected chi connectivity index (χ1v) is 9.65. The number of benzene rings is 1. The average molecular weight is 437 g/mol. The van der Waals surface area contributed by atoms with Gasteiger partial charge in [0.25, 0.3) is 5.91 Å². The first kappa shape index (κ1) is 21.8. The zero-order chi connectivity index (χ0) is 21.8. The Morgan fingerprint density at radius 1 is 1.47 bits per heavy atom. The number of amides is 1. The number of aliphatic hydroxyl groups is 1. The summed E-state index contributed by atoms with van der Waals surface area (Å²) in [5, 5.41) is 13.4. The molecule has 1 aromatic heterocycles. The minimum Gasteiger partial charge on any atom is -0.491 e. The molecule has 0 radical (unpaired) electrons. The number of carbonyl (C=O) groups is 1. The third-order valence-electron chi connectivity index (χ3n) is 4.60. The van der Waals surface area contributed by atoms with Crippen LogP contribution >= 0.6 is 11.6 Å². The van der Waals surface area contributed by atoms with Crippen LogP contribution < -0.4 is 4.74 Å². The summed E-state index contributed by atoms with van der Waals surface area (Å²) in [5.74, 6) is -0.295. The van der Waals surface area contributed by atoms with Crippen LogP contribution in [0.3, 0.4) is 0 Å². The standard InChI is InChI=1S/C20H22ClFN4O4/c1-4-16-24-19-13(11-23-25(19)3)20(28)26(7-9-27)8-10-29-15-6-5-14(22)18(21)17(15)12(2)30-16/h4-6,11-12,27H,1,7-10H2,2-3H3. The van der Waals surface area contributed by atoms with Crippen molar-refractivity contribution in [3.8, 4) is 5.75 Å². The topological polar surface area (TPSA) is 89.2 Å². The predicted molar refractivity (Wildman–Crippen MR) is 110 cm³/mol. The fourth-order valence-electron chi connectivity index (χ4n) is 3.10. The first-order chi connectivity index (χ1) is 14.4. The fourth-order valence-corrected chi connectivity index (χ4v) is 3.41. The summed E-state index contributed by atoms with van der Waals surface area (Å²) >= 11 is 6.20. The molecule has 1 aliphatic heterocycles. The van der Waals surface area contributed by atoms with Crippen LogP contribution in [0.15, 0.2) is 36.0 Å². The summed E-state index contributed by atoms with van der Waals surface area (Å²) in [6.07, 6.45) is 2.05. The number of carbonyl (C=O) groups excluding carboxylic acids is 1. The molecule has 0 saturated heterocycles. The van der Waals surface area contributed by atoms with Gasteiger partial charge in [-0.3, -0.25) is 9.48 Å². The molecule has 1 aliphatic rings. The third-order valence-corrected chi connectivity index (χ3v) is 4.99. The summed E-state index contributed by atoms with van der Waals surface area (Å²) in [6, 6.07) is 2.66. The second kappa shape index (κ2) is 9.27. The number of rotatable bonds is 3. The van der Waals surface area contributed by atoms with Crippen molar-refractivity contribution in [1.82, 2.24) is 14.7 Å². The summed E-state index contributed by atoms with van der Waals surface area (Å²) < 4.78 is 27.2. The van der Waals surface area contributed by atoms with Crippen LogP contribution in [-0.2, 0) is 11.8 Å². The summed E-state index contributed by atoms with van der Waals surface area (Å²) in [7, 11) is 1.64. The Kier molecular flexibility index (Phi) is 6.73. The zero-order valence-electron chi connectivity index (χ0n) is 16.6. The van der Waals surface area contributed by atoms with E-state index in [1.165, 1.54) is 34.0 Å². The lowest BCUT2D eigenvalue weighted by Gasteiger charge is -2.22. The maximum absolute atomic E-state index is 14.1. The van der Waals surface area contributed by atoms with Crippen molar-refractivity contribution < 1.29 is 23.8 Å². The Morgan fingerprint density at radius 3 is 2.93 bits per heavy atom. The van der Waals surface area contributed by atoms with E-state index in [0.717, 1.165) is 0 Å². The lowest BCUT2D eigenvalue weighted by Crippen LogP contribution is -2.36. The Morgan fingerprint density at radius 2 is 2.23 bits per heavy atom. The monoisotopic (exact) mass is 436 g/mol. The van der Waals surface area contributed by atoms with Crippen LogP contribution in [-0.4, -0.2) is 57.9 Å². The number of aliphatic hydroxyl groups excluding tert-OH is 1.